The number of carbonyl (C=O) groups is 1. The number of pyridine rings is 1. The topological polar surface area (TPSA) is 65.5 Å². The average molecular weight is 263 g/mol. The van der Waals surface area contributed by atoms with Gasteiger partial charge in [-0.15, -0.1) is 0 Å². The number of hydrogen-bond donors (Lipinski definition) is 2. The highest BCUT2D eigenvalue weighted by Crippen LogP contribution is 2.08. The van der Waals surface area contributed by atoms with E-state index >= 15 is 0 Å². The molecule has 2 rings (SSSR count). The Hall–Kier alpha value is -1.46. The smallest absolute Gasteiger partial charge is 0.228 e. The minimum absolute atomic E-state index is 0.000673. The van der Waals surface area contributed by atoms with Crippen molar-refractivity contribution in [3.05, 3.63) is 30.1 Å². The van der Waals surface area contributed by atoms with Crippen molar-refractivity contribution < 1.29 is 9.90 Å². The Labute approximate surface area is 113 Å². The summed E-state index contributed by atoms with van der Waals surface area (Å²) in [6.45, 7) is 2.09. The maximum Gasteiger partial charge on any atom is 0.228 e. The van der Waals surface area contributed by atoms with Crippen molar-refractivity contribution in [1.82, 2.24) is 15.2 Å². The van der Waals surface area contributed by atoms with Gasteiger partial charge in [0.25, 0.3) is 0 Å². The monoisotopic (exact) mass is 263 g/mol. The lowest BCUT2D eigenvalue weighted by molar-refractivity contribution is -0.131. The summed E-state index contributed by atoms with van der Waals surface area (Å²) in [5.41, 5.74) is 0.773. The molecule has 2 N–H and O–H groups in total. The van der Waals surface area contributed by atoms with Crippen LogP contribution in [0.1, 0.15) is 18.5 Å². The lowest BCUT2D eigenvalue weighted by Gasteiger charge is -2.25. The molecule has 1 aromatic heterocycles. The van der Waals surface area contributed by atoms with Crippen LogP contribution < -0.4 is 5.32 Å². The summed E-state index contributed by atoms with van der Waals surface area (Å²) >= 11 is 0. The van der Waals surface area contributed by atoms with E-state index in [0.29, 0.717) is 25.6 Å². The maximum absolute atomic E-state index is 12.2. The fourth-order valence-corrected chi connectivity index (χ4v) is 2.39. The van der Waals surface area contributed by atoms with Crippen LogP contribution in [-0.4, -0.2) is 53.2 Å². The van der Waals surface area contributed by atoms with Gasteiger partial charge in [0, 0.05) is 31.0 Å². The number of aromatic nitrogens is 1. The van der Waals surface area contributed by atoms with Crippen LogP contribution in [0, 0.1) is 0 Å². The fourth-order valence-electron chi connectivity index (χ4n) is 2.39. The van der Waals surface area contributed by atoms with E-state index in [2.05, 4.69) is 10.3 Å². The molecular weight excluding hydrogens is 242 g/mol. The number of rotatable bonds is 6. The predicted molar refractivity (Wildman–Crippen MR) is 72.6 cm³/mol. The van der Waals surface area contributed by atoms with Gasteiger partial charge in [-0.2, -0.15) is 0 Å². The molecule has 1 aromatic rings. The summed E-state index contributed by atoms with van der Waals surface area (Å²) in [4.78, 5) is 18.1. The van der Waals surface area contributed by atoms with E-state index in [0.717, 1.165) is 25.1 Å². The first kappa shape index (κ1) is 14.0. The number of aliphatic hydroxyl groups is 1. The highest BCUT2D eigenvalue weighted by atomic mass is 16.3. The van der Waals surface area contributed by atoms with Crippen molar-refractivity contribution in [3.63, 3.8) is 0 Å². The van der Waals surface area contributed by atoms with Crippen LogP contribution in [-0.2, 0) is 11.2 Å². The third kappa shape index (κ3) is 4.29. The van der Waals surface area contributed by atoms with E-state index < -0.39 is 0 Å². The standard InChI is InChI=1S/C14H21N3O2/c18-9-8-17(11-13-5-3-7-16-13)14(19)10-12-4-1-2-6-15-12/h1-2,4,6,13,16,18H,3,5,7-11H2. The van der Waals surface area contributed by atoms with Gasteiger partial charge < -0.3 is 15.3 Å². The molecule has 1 fully saturated rings. The molecule has 0 spiro atoms. The molecule has 1 amide bonds. The molecule has 1 aliphatic heterocycles. The molecule has 0 aromatic carbocycles. The molecule has 1 saturated heterocycles. The maximum atomic E-state index is 12.2. The van der Waals surface area contributed by atoms with Crippen LogP contribution in [0.15, 0.2) is 24.4 Å². The van der Waals surface area contributed by atoms with E-state index in [4.69, 9.17) is 5.11 Å². The largest absolute Gasteiger partial charge is 0.395 e. The van der Waals surface area contributed by atoms with E-state index in [-0.39, 0.29) is 12.5 Å². The Kier molecular flexibility index (Phi) is 5.30. The number of nitrogens with one attached hydrogen (secondary N) is 1. The number of nitrogens with zero attached hydrogens (tertiary/aromatic N) is 2. The average Bonchev–Trinajstić information content (AvgIpc) is 2.92. The number of aliphatic hydroxyl groups excluding tert-OH is 1. The summed E-state index contributed by atoms with van der Waals surface area (Å²) in [6.07, 6.45) is 4.25. The number of amides is 1. The van der Waals surface area contributed by atoms with Crippen LogP contribution in [0.3, 0.4) is 0 Å². The summed E-state index contributed by atoms with van der Waals surface area (Å²) in [6, 6.07) is 5.93. The molecule has 0 bridgehead atoms. The quantitative estimate of drug-likeness (QED) is 0.769. The zero-order valence-corrected chi connectivity index (χ0v) is 11.1. The van der Waals surface area contributed by atoms with Gasteiger partial charge in [-0.3, -0.25) is 9.78 Å². The van der Waals surface area contributed by atoms with E-state index in [1.165, 1.54) is 0 Å². The van der Waals surface area contributed by atoms with Gasteiger partial charge in [0.1, 0.15) is 0 Å². The molecule has 0 aliphatic carbocycles. The van der Waals surface area contributed by atoms with Gasteiger partial charge in [-0.05, 0) is 31.5 Å². The van der Waals surface area contributed by atoms with Crippen molar-refractivity contribution in [2.75, 3.05) is 26.2 Å². The normalized spacial score (nSPS) is 18.5. The number of hydrogen-bond acceptors (Lipinski definition) is 4. The van der Waals surface area contributed by atoms with Crippen LogP contribution >= 0.6 is 0 Å². The van der Waals surface area contributed by atoms with Crippen molar-refractivity contribution in [3.8, 4) is 0 Å². The summed E-state index contributed by atoms with van der Waals surface area (Å²) in [5, 5.41) is 12.5. The van der Waals surface area contributed by atoms with Gasteiger partial charge >= 0.3 is 0 Å². The zero-order chi connectivity index (χ0) is 13.5. The summed E-state index contributed by atoms with van der Waals surface area (Å²) < 4.78 is 0. The van der Waals surface area contributed by atoms with E-state index in [1.54, 1.807) is 11.1 Å². The fraction of sp³-hybridized carbons (Fsp3) is 0.571. The number of carbonyl (C=O) groups excluding carboxylic acids is 1. The van der Waals surface area contributed by atoms with Crippen LogP contribution in [0.4, 0.5) is 0 Å². The molecule has 1 unspecified atom stereocenters. The van der Waals surface area contributed by atoms with Crippen LogP contribution in [0.5, 0.6) is 0 Å². The Morgan fingerprint density at radius 2 is 2.42 bits per heavy atom. The predicted octanol–water partition coefficient (Wildman–Crippen LogP) is 0.197. The first-order valence-electron chi connectivity index (χ1n) is 6.81. The molecule has 1 atom stereocenters. The van der Waals surface area contributed by atoms with Gasteiger partial charge in [0.15, 0.2) is 0 Å². The van der Waals surface area contributed by atoms with Crippen molar-refractivity contribution >= 4 is 5.91 Å². The Morgan fingerprint density at radius 1 is 1.53 bits per heavy atom. The molecule has 5 heteroatoms. The second kappa shape index (κ2) is 7.21. The lowest BCUT2D eigenvalue weighted by Crippen LogP contribution is -2.43. The van der Waals surface area contributed by atoms with Gasteiger partial charge in [0.2, 0.25) is 5.91 Å². The second-order valence-corrected chi connectivity index (χ2v) is 4.85. The Morgan fingerprint density at radius 3 is 3.05 bits per heavy atom. The van der Waals surface area contributed by atoms with Crippen LogP contribution in [0.25, 0.3) is 0 Å². The Balaban J connectivity index is 1.91. The van der Waals surface area contributed by atoms with Crippen molar-refractivity contribution in [1.29, 1.82) is 0 Å². The van der Waals surface area contributed by atoms with E-state index in [9.17, 15) is 4.79 Å². The van der Waals surface area contributed by atoms with Crippen molar-refractivity contribution in [2.45, 2.75) is 25.3 Å². The highest BCUT2D eigenvalue weighted by molar-refractivity contribution is 5.78. The molecule has 0 radical (unpaired) electrons. The molecular formula is C14H21N3O2. The molecule has 1 aliphatic rings. The minimum atomic E-state index is 0.000673. The van der Waals surface area contributed by atoms with Crippen molar-refractivity contribution in [2.24, 2.45) is 0 Å². The molecule has 19 heavy (non-hydrogen) atoms. The van der Waals surface area contributed by atoms with E-state index in [1.807, 2.05) is 18.2 Å². The summed E-state index contributed by atoms with van der Waals surface area (Å²) in [5.74, 6) is 0.0291. The zero-order valence-electron chi connectivity index (χ0n) is 11.1. The Bertz CT molecular complexity index is 391. The SMILES string of the molecule is O=C(Cc1ccccn1)N(CCO)CC1CCCN1. The van der Waals surface area contributed by atoms with Gasteiger partial charge in [-0.25, -0.2) is 0 Å². The highest BCUT2D eigenvalue weighted by Gasteiger charge is 2.21. The third-order valence-corrected chi connectivity index (χ3v) is 3.38. The summed E-state index contributed by atoms with van der Waals surface area (Å²) in [7, 11) is 0. The second-order valence-electron chi connectivity index (χ2n) is 4.85. The molecule has 5 nitrogen and oxygen atoms in total. The molecule has 104 valence electrons. The first-order chi connectivity index (χ1) is 9.29. The third-order valence-electron chi connectivity index (χ3n) is 3.38. The minimum Gasteiger partial charge on any atom is -0.395 e. The lowest BCUT2D eigenvalue weighted by atomic mass is 10.2. The molecule has 2 heterocycles. The van der Waals surface area contributed by atoms with Crippen LogP contribution in [0.2, 0.25) is 0 Å². The molecule has 0 saturated carbocycles. The first-order valence-corrected chi connectivity index (χ1v) is 6.81. The van der Waals surface area contributed by atoms with Gasteiger partial charge in [-0.1, -0.05) is 6.07 Å². The van der Waals surface area contributed by atoms with Gasteiger partial charge in [0.05, 0.1) is 13.0 Å².